The smallest absolute Gasteiger partial charge is 0.329 e. The number of benzene rings is 2. The van der Waals surface area contributed by atoms with Crippen molar-refractivity contribution in [2.45, 2.75) is 200 Å². The number of nitrogens with zero attached hydrogens (tertiary/aromatic N) is 3. The van der Waals surface area contributed by atoms with Gasteiger partial charge in [0.1, 0.15) is 46.4 Å². The monoisotopic (exact) mass is 1000 g/mol. The van der Waals surface area contributed by atoms with Gasteiger partial charge in [0, 0.05) is 44.8 Å². The first-order valence-electron chi connectivity index (χ1n) is 25.2. The highest BCUT2D eigenvalue weighted by Crippen LogP contribution is 2.19. The van der Waals surface area contributed by atoms with E-state index in [1.807, 2.05) is 60.7 Å². The van der Waals surface area contributed by atoms with Crippen molar-refractivity contribution in [2.75, 3.05) is 6.61 Å². The number of carboxylic acids is 1. The zero-order valence-electron chi connectivity index (χ0n) is 44.0. The number of ketones is 1. The molecule has 0 bridgehead atoms. The van der Waals surface area contributed by atoms with Gasteiger partial charge in [-0.3, -0.25) is 19.1 Å². The second-order valence-electron chi connectivity index (χ2n) is 21.2. The van der Waals surface area contributed by atoms with Crippen molar-refractivity contribution in [3.05, 3.63) is 83.7 Å². The van der Waals surface area contributed by atoms with E-state index in [-0.39, 0.29) is 44.5 Å². The molecule has 0 aliphatic carbocycles. The number of unbranched alkanes of at least 4 members (excludes halogenated alkanes) is 5. The Bertz CT molecular complexity index is 2160. The summed E-state index contributed by atoms with van der Waals surface area (Å²) in [6.07, 6.45) is 7.95. The van der Waals surface area contributed by atoms with Crippen molar-refractivity contribution < 1.29 is 57.6 Å². The lowest BCUT2D eigenvalue weighted by atomic mass is 9.91. The molecule has 1 heterocycles. The lowest BCUT2D eigenvalue weighted by Gasteiger charge is -2.27. The van der Waals surface area contributed by atoms with Crippen LogP contribution >= 0.6 is 0 Å². The maximum Gasteiger partial charge on any atom is 0.329 e. The molecule has 4 atom stereocenters. The first-order chi connectivity index (χ1) is 33.9. The fraction of sp³-hybridized carbons (Fsp3) is 0.611. The van der Waals surface area contributed by atoms with Crippen LogP contribution in [0.25, 0.3) is 0 Å². The van der Waals surface area contributed by atoms with Crippen molar-refractivity contribution in [1.29, 1.82) is 0 Å². The van der Waals surface area contributed by atoms with Gasteiger partial charge in [0.05, 0.1) is 12.8 Å². The SMILES string of the molecule is CC(C)(C)OC(=O)CC[C@H](NC(=O)N[C@@H](CCCCn1cc(COCCCCCCCC(=O)C[C@@H](Cc2ccccc2)C(=O)NC(Cc2ccccc2)C(=O)O)nn1)C(=O)OC(C)(C)C)C(=O)OC(C)(C)C. The van der Waals surface area contributed by atoms with Gasteiger partial charge in [0.15, 0.2) is 0 Å². The molecule has 4 N–H and O–H groups in total. The molecule has 398 valence electrons. The van der Waals surface area contributed by atoms with Gasteiger partial charge in [-0.1, -0.05) is 85.1 Å². The Morgan fingerprint density at radius 2 is 1.15 bits per heavy atom. The highest BCUT2D eigenvalue weighted by Gasteiger charge is 2.32. The number of ether oxygens (including phenoxy) is 4. The summed E-state index contributed by atoms with van der Waals surface area (Å²) in [4.78, 5) is 90.7. The van der Waals surface area contributed by atoms with Crippen molar-refractivity contribution in [2.24, 2.45) is 5.92 Å². The van der Waals surface area contributed by atoms with Crippen LogP contribution in [0.1, 0.15) is 156 Å². The standard InChI is InChI=1S/C54H80N6O12/c1-52(2,3)70-46(62)30-29-44(50(67)72-54(7,8)9)57-51(68)56-43(49(66)71-53(4,5)6)28-20-21-31-60-36-41(58-59-60)37-69-32-22-12-10-11-19-27-42(61)35-40(33-38-23-15-13-16-24-38)47(63)55-45(48(64)65)34-39-25-17-14-18-26-39/h13-18,23-26,36,40,43-45H,10-12,19-22,27-35,37H2,1-9H3,(H,55,63)(H,64,65)(H2,56,57,68)/t40-,43+,44+,45?/m1/s1. The first kappa shape index (κ1) is 60.1. The Balaban J connectivity index is 1.39. The normalized spacial score (nSPS) is 13.5. The summed E-state index contributed by atoms with van der Waals surface area (Å²) < 4.78 is 24.0. The van der Waals surface area contributed by atoms with Gasteiger partial charge in [-0.25, -0.2) is 19.2 Å². The highest BCUT2D eigenvalue weighted by atomic mass is 16.6. The van der Waals surface area contributed by atoms with Crippen LogP contribution in [0, 0.1) is 5.92 Å². The number of nitrogens with one attached hydrogen (secondary N) is 3. The molecule has 0 fully saturated rings. The van der Waals surface area contributed by atoms with E-state index < -0.39 is 76.7 Å². The Hall–Kier alpha value is -6.17. The minimum atomic E-state index is -1.19. The third-order valence-corrected chi connectivity index (χ3v) is 10.8. The van der Waals surface area contributed by atoms with Crippen molar-refractivity contribution in [3.8, 4) is 0 Å². The molecule has 3 amide bonds. The van der Waals surface area contributed by atoms with E-state index >= 15 is 0 Å². The van der Waals surface area contributed by atoms with Crippen LogP contribution in [0.3, 0.4) is 0 Å². The molecule has 0 aliphatic rings. The number of aromatic nitrogens is 3. The second kappa shape index (κ2) is 30.0. The fourth-order valence-electron chi connectivity index (χ4n) is 7.50. The maximum absolute atomic E-state index is 13.5. The molecular weight excluding hydrogens is 925 g/mol. The van der Waals surface area contributed by atoms with Crippen LogP contribution in [0.5, 0.6) is 0 Å². The van der Waals surface area contributed by atoms with Crippen molar-refractivity contribution in [3.63, 3.8) is 0 Å². The number of carboxylic acid groups (broad SMARTS) is 1. The van der Waals surface area contributed by atoms with Gasteiger partial charge in [0.25, 0.3) is 0 Å². The fourth-order valence-corrected chi connectivity index (χ4v) is 7.50. The maximum atomic E-state index is 13.5. The van der Waals surface area contributed by atoms with Crippen LogP contribution in [-0.2, 0) is 73.7 Å². The second-order valence-corrected chi connectivity index (χ2v) is 21.2. The van der Waals surface area contributed by atoms with Crippen LogP contribution in [0.2, 0.25) is 0 Å². The lowest BCUT2D eigenvalue weighted by Crippen LogP contribution is -2.53. The van der Waals surface area contributed by atoms with Crippen LogP contribution in [0.15, 0.2) is 66.9 Å². The number of esters is 3. The quantitative estimate of drug-likeness (QED) is 0.0273. The van der Waals surface area contributed by atoms with E-state index in [4.69, 9.17) is 18.9 Å². The molecule has 2 aromatic carbocycles. The zero-order chi connectivity index (χ0) is 53.3. The molecule has 18 heteroatoms. The molecule has 3 rings (SSSR count). The number of aryl methyl sites for hydroxylation is 1. The number of hydrogen-bond acceptors (Lipinski definition) is 13. The molecule has 0 spiro atoms. The number of Topliss-reactive ketones (excluding diaryl/α,β-unsaturated/α-hetero) is 1. The molecule has 1 unspecified atom stereocenters. The summed E-state index contributed by atoms with van der Waals surface area (Å²) in [5, 5.41) is 26.2. The van der Waals surface area contributed by atoms with Crippen molar-refractivity contribution >= 4 is 41.6 Å². The molecule has 0 saturated heterocycles. The molecular formula is C54H80N6O12. The molecule has 0 aliphatic heterocycles. The number of hydrogen-bond donors (Lipinski definition) is 4. The largest absolute Gasteiger partial charge is 0.480 e. The topological polar surface area (TPSA) is 243 Å². The van der Waals surface area contributed by atoms with Crippen LogP contribution in [0.4, 0.5) is 4.79 Å². The predicted molar refractivity (Wildman–Crippen MR) is 270 cm³/mol. The van der Waals surface area contributed by atoms with E-state index in [0.29, 0.717) is 50.9 Å². The lowest BCUT2D eigenvalue weighted by molar-refractivity contribution is -0.159. The zero-order valence-corrected chi connectivity index (χ0v) is 44.0. The summed E-state index contributed by atoms with van der Waals surface area (Å²) in [5.74, 6) is -4.19. The Morgan fingerprint density at radius 1 is 0.611 bits per heavy atom. The molecule has 0 radical (unpaired) electrons. The van der Waals surface area contributed by atoms with E-state index in [0.717, 1.165) is 36.8 Å². The average molecular weight is 1010 g/mol. The molecule has 18 nitrogen and oxygen atoms in total. The van der Waals surface area contributed by atoms with E-state index in [1.54, 1.807) is 73.2 Å². The summed E-state index contributed by atoms with van der Waals surface area (Å²) >= 11 is 0. The van der Waals surface area contributed by atoms with Gasteiger partial charge in [0.2, 0.25) is 5.91 Å². The average Bonchev–Trinajstić information content (AvgIpc) is 3.74. The Morgan fingerprint density at radius 3 is 1.72 bits per heavy atom. The van der Waals surface area contributed by atoms with E-state index in [2.05, 4.69) is 26.3 Å². The van der Waals surface area contributed by atoms with Gasteiger partial charge >= 0.3 is 29.9 Å². The van der Waals surface area contributed by atoms with Gasteiger partial charge < -0.3 is 40.0 Å². The summed E-state index contributed by atoms with van der Waals surface area (Å²) in [7, 11) is 0. The summed E-state index contributed by atoms with van der Waals surface area (Å²) in [6, 6.07) is 14.4. The van der Waals surface area contributed by atoms with Crippen LogP contribution < -0.4 is 16.0 Å². The Labute approximate surface area is 425 Å². The number of amides is 3. The minimum Gasteiger partial charge on any atom is -0.480 e. The molecule has 72 heavy (non-hydrogen) atoms. The number of urea groups is 1. The summed E-state index contributed by atoms with van der Waals surface area (Å²) in [5.41, 5.74) is -0.0418. The number of carbonyl (C=O) groups excluding carboxylic acids is 6. The first-order valence-corrected chi connectivity index (χ1v) is 25.2. The number of aliphatic carboxylic acids is 1. The van der Waals surface area contributed by atoms with Gasteiger partial charge in [-0.15, -0.1) is 5.10 Å². The molecule has 1 aromatic heterocycles. The third-order valence-electron chi connectivity index (χ3n) is 10.8. The molecule has 0 saturated carbocycles. The van der Waals surface area contributed by atoms with Gasteiger partial charge in [-0.05, 0) is 118 Å². The van der Waals surface area contributed by atoms with Crippen molar-refractivity contribution in [1.82, 2.24) is 30.9 Å². The summed E-state index contributed by atoms with van der Waals surface area (Å²) in [6.45, 7) is 16.8. The predicted octanol–water partition coefficient (Wildman–Crippen LogP) is 7.78. The molecule has 3 aromatic rings. The highest BCUT2D eigenvalue weighted by molar-refractivity contribution is 5.90. The number of rotatable bonds is 31. The minimum absolute atomic E-state index is 0.0268. The number of carbonyl (C=O) groups is 7. The van der Waals surface area contributed by atoms with E-state index in [1.165, 1.54) is 0 Å². The third kappa shape index (κ3) is 26.3. The van der Waals surface area contributed by atoms with E-state index in [9.17, 15) is 38.7 Å². The van der Waals surface area contributed by atoms with Crippen LogP contribution in [-0.4, -0.2) is 103 Å². The van der Waals surface area contributed by atoms with Gasteiger partial charge in [-0.2, -0.15) is 0 Å². The Kier molecular flexibility index (Phi) is 25.1.